The second kappa shape index (κ2) is 18.6. The van der Waals surface area contributed by atoms with Crippen LogP contribution in [0.2, 0.25) is 10.0 Å². The maximum Gasteiger partial charge on any atom is 0.341 e. The molecule has 11 nitrogen and oxygen atoms in total. The molecule has 2 heterocycles. The molecule has 222 valence electrons. The fourth-order valence-corrected chi connectivity index (χ4v) is 3.62. The van der Waals surface area contributed by atoms with Gasteiger partial charge < -0.3 is 24.4 Å². The lowest BCUT2D eigenvalue weighted by molar-refractivity contribution is 0.0594. The largest absolute Gasteiger partial charge is 0.478 e. The van der Waals surface area contributed by atoms with Crippen LogP contribution in [0.4, 0.5) is 0 Å². The molecule has 2 aromatic heterocycles. The van der Waals surface area contributed by atoms with Crippen LogP contribution >= 0.6 is 23.2 Å². The summed E-state index contributed by atoms with van der Waals surface area (Å²) in [5, 5.41) is 25.6. The van der Waals surface area contributed by atoms with E-state index in [1.807, 2.05) is 26.0 Å². The van der Waals surface area contributed by atoms with Crippen molar-refractivity contribution in [1.82, 2.24) is 19.6 Å². The minimum atomic E-state index is -1.03. The first-order valence-corrected chi connectivity index (χ1v) is 13.0. The normalized spacial score (nSPS) is 9.78. The second-order valence-corrected chi connectivity index (χ2v) is 8.32. The van der Waals surface area contributed by atoms with Gasteiger partial charge in [0.25, 0.3) is 0 Å². The van der Waals surface area contributed by atoms with Crippen LogP contribution in [-0.4, -0.2) is 70.2 Å². The van der Waals surface area contributed by atoms with Crippen molar-refractivity contribution in [2.24, 2.45) is 0 Å². The van der Waals surface area contributed by atoms with Crippen LogP contribution in [-0.2, 0) is 27.4 Å². The summed E-state index contributed by atoms with van der Waals surface area (Å²) in [6.07, 6.45) is 2.78. The van der Waals surface area contributed by atoms with Gasteiger partial charge in [-0.1, -0.05) is 37.0 Å². The lowest BCUT2D eigenvalue weighted by Crippen LogP contribution is -2.09. The predicted octanol–water partition coefficient (Wildman–Crippen LogP) is 5.46. The van der Waals surface area contributed by atoms with Crippen molar-refractivity contribution in [3.63, 3.8) is 0 Å². The zero-order valence-electron chi connectivity index (χ0n) is 23.7. The van der Waals surface area contributed by atoms with Crippen molar-refractivity contribution >= 4 is 35.1 Å². The Balaban J connectivity index is 0.000000366. The lowest BCUT2D eigenvalue weighted by Gasteiger charge is -2.08. The van der Waals surface area contributed by atoms with Crippen molar-refractivity contribution < 1.29 is 34.0 Å². The lowest BCUT2D eigenvalue weighted by atomic mass is 10.2. The number of esters is 1. The first-order valence-electron chi connectivity index (χ1n) is 12.2. The highest BCUT2D eigenvalue weighted by Gasteiger charge is 2.19. The minimum absolute atomic E-state index is 0.131. The molecule has 0 radical (unpaired) electrons. The number of carbonyl (C=O) groups excluding carboxylic acids is 1. The molecule has 2 N–H and O–H groups in total. The first kappa shape index (κ1) is 35.3. The Bertz CT molecular complexity index is 1360. The molecule has 0 aliphatic carbocycles. The molecule has 4 aromatic rings. The standard InChI is InChI=1S/C13H13ClN2O3.C12H11ClN2O3.C2H6.CH4O/c1-18-8-12-11(13(17)19-2)7-15-16(12)10-5-3-9(14)4-6-10;1-18-7-11-10(12(16)17)6-14-15(11)9-4-2-8(13)3-5-9;2*1-2/h3-7H,8H2,1-2H3;2-6H,7H2,1H3,(H,16,17);1-2H3;2H,1H3. The number of aliphatic hydroxyl groups is 1. The molecule has 0 atom stereocenters. The van der Waals surface area contributed by atoms with Crippen LogP contribution < -0.4 is 0 Å². The molecule has 4 rings (SSSR count). The number of carboxylic acid groups (broad SMARTS) is 1. The van der Waals surface area contributed by atoms with Crippen LogP contribution in [0.3, 0.4) is 0 Å². The maximum absolute atomic E-state index is 11.7. The van der Waals surface area contributed by atoms with Crippen LogP contribution in [0.15, 0.2) is 60.9 Å². The van der Waals surface area contributed by atoms with Gasteiger partial charge in [-0.3, -0.25) is 0 Å². The maximum atomic E-state index is 11.7. The average molecular weight is 610 g/mol. The number of benzene rings is 2. The van der Waals surface area contributed by atoms with Crippen molar-refractivity contribution in [2.75, 3.05) is 28.4 Å². The molecule has 0 aliphatic rings. The smallest absolute Gasteiger partial charge is 0.341 e. The number of aromatic nitrogens is 4. The van der Waals surface area contributed by atoms with Gasteiger partial charge in [-0.25, -0.2) is 19.0 Å². The summed E-state index contributed by atoms with van der Waals surface area (Å²) in [5.41, 5.74) is 3.18. The summed E-state index contributed by atoms with van der Waals surface area (Å²) in [6, 6.07) is 14.1. The highest BCUT2D eigenvalue weighted by molar-refractivity contribution is 6.30. The van der Waals surface area contributed by atoms with E-state index in [2.05, 4.69) is 10.2 Å². The number of halogens is 2. The molecule has 0 unspecified atom stereocenters. The van der Waals surface area contributed by atoms with Crippen molar-refractivity contribution in [3.05, 3.63) is 93.5 Å². The SMILES string of the molecule is CC.CO.COCc1c(C(=O)O)cnn1-c1ccc(Cl)cc1.COCc1c(C(=O)OC)cnn1-c1ccc(Cl)cc1. The zero-order chi connectivity index (χ0) is 30.9. The fraction of sp³-hybridized carbons (Fsp3) is 0.286. The molecule has 0 aliphatic heterocycles. The molecule has 0 saturated heterocycles. The fourth-order valence-electron chi connectivity index (χ4n) is 3.37. The number of nitrogens with zero attached hydrogens (tertiary/aromatic N) is 4. The quantitative estimate of drug-likeness (QED) is 0.249. The van der Waals surface area contributed by atoms with E-state index >= 15 is 0 Å². The van der Waals surface area contributed by atoms with E-state index in [4.69, 9.17) is 47.6 Å². The summed E-state index contributed by atoms with van der Waals surface area (Å²) in [4.78, 5) is 22.7. The van der Waals surface area contributed by atoms with E-state index in [-0.39, 0.29) is 18.8 Å². The van der Waals surface area contributed by atoms with Crippen LogP contribution in [0.25, 0.3) is 11.4 Å². The average Bonchev–Trinajstić information content (AvgIpc) is 3.61. The zero-order valence-corrected chi connectivity index (χ0v) is 25.2. The molecule has 0 fully saturated rings. The monoisotopic (exact) mass is 608 g/mol. The number of aliphatic hydroxyl groups excluding tert-OH is 1. The van der Waals surface area contributed by atoms with Gasteiger partial charge in [-0.05, 0) is 48.5 Å². The number of aromatic carboxylic acids is 1. The predicted molar refractivity (Wildman–Crippen MR) is 156 cm³/mol. The van der Waals surface area contributed by atoms with Crippen molar-refractivity contribution in [2.45, 2.75) is 27.1 Å². The first-order chi connectivity index (χ1) is 19.8. The van der Waals surface area contributed by atoms with Crippen molar-refractivity contribution in [1.29, 1.82) is 0 Å². The molecular weight excluding hydrogens is 575 g/mol. The van der Waals surface area contributed by atoms with Gasteiger partial charge in [0.2, 0.25) is 0 Å². The van der Waals surface area contributed by atoms with Gasteiger partial charge in [0, 0.05) is 31.4 Å². The van der Waals surface area contributed by atoms with Gasteiger partial charge in [-0.15, -0.1) is 0 Å². The van der Waals surface area contributed by atoms with Gasteiger partial charge >= 0.3 is 11.9 Å². The molecule has 2 aromatic carbocycles. The Hall–Kier alpha value is -3.74. The molecule has 41 heavy (non-hydrogen) atoms. The molecular formula is C28H34Cl2N4O7. The molecule has 13 heteroatoms. The Morgan fingerprint density at radius 2 is 1.10 bits per heavy atom. The number of rotatable bonds is 8. The third-order valence-electron chi connectivity index (χ3n) is 5.08. The van der Waals surface area contributed by atoms with Gasteiger partial charge in [-0.2, -0.15) is 10.2 Å². The summed E-state index contributed by atoms with van der Waals surface area (Å²) in [5.74, 6) is -1.46. The summed E-state index contributed by atoms with van der Waals surface area (Å²) in [7, 11) is 5.39. The van der Waals surface area contributed by atoms with E-state index in [0.29, 0.717) is 27.0 Å². The number of ether oxygens (including phenoxy) is 3. The Morgan fingerprint density at radius 3 is 1.44 bits per heavy atom. The Labute approximate surface area is 248 Å². The van der Waals surface area contributed by atoms with E-state index in [0.717, 1.165) is 18.5 Å². The molecule has 0 bridgehead atoms. The number of carboxylic acids is 1. The molecule has 0 amide bonds. The highest BCUT2D eigenvalue weighted by Crippen LogP contribution is 2.20. The molecule has 0 spiro atoms. The Morgan fingerprint density at radius 1 is 0.732 bits per heavy atom. The van der Waals surface area contributed by atoms with Gasteiger partial charge in [0.15, 0.2) is 0 Å². The van der Waals surface area contributed by atoms with Gasteiger partial charge in [0.1, 0.15) is 11.1 Å². The van der Waals surface area contributed by atoms with E-state index in [9.17, 15) is 9.59 Å². The van der Waals surface area contributed by atoms with Gasteiger partial charge in [0.05, 0.1) is 55.5 Å². The Kier molecular flexibility index (Phi) is 16.0. The number of methoxy groups -OCH3 is 3. The number of hydrogen-bond donors (Lipinski definition) is 2. The molecule has 0 saturated carbocycles. The number of carbonyl (C=O) groups is 2. The highest BCUT2D eigenvalue weighted by atomic mass is 35.5. The topological polar surface area (TPSA) is 138 Å². The summed E-state index contributed by atoms with van der Waals surface area (Å²) < 4.78 is 18.0. The second-order valence-electron chi connectivity index (χ2n) is 7.45. The third-order valence-corrected chi connectivity index (χ3v) is 5.58. The van der Waals surface area contributed by atoms with E-state index < -0.39 is 11.9 Å². The van der Waals surface area contributed by atoms with Crippen LogP contribution in [0, 0.1) is 0 Å². The van der Waals surface area contributed by atoms with E-state index in [1.54, 1.807) is 48.2 Å². The van der Waals surface area contributed by atoms with E-state index in [1.165, 1.54) is 31.3 Å². The number of hydrogen-bond acceptors (Lipinski definition) is 8. The third kappa shape index (κ3) is 9.69. The summed E-state index contributed by atoms with van der Waals surface area (Å²) in [6.45, 7) is 4.43. The van der Waals surface area contributed by atoms with Crippen LogP contribution in [0.5, 0.6) is 0 Å². The van der Waals surface area contributed by atoms with Crippen LogP contribution in [0.1, 0.15) is 46.0 Å². The van der Waals surface area contributed by atoms with Crippen molar-refractivity contribution in [3.8, 4) is 11.4 Å². The summed E-state index contributed by atoms with van der Waals surface area (Å²) >= 11 is 11.7. The minimum Gasteiger partial charge on any atom is -0.478 e.